The van der Waals surface area contributed by atoms with Gasteiger partial charge in [0, 0.05) is 23.0 Å². The molecule has 8 nitrogen and oxygen atoms in total. The van der Waals surface area contributed by atoms with Gasteiger partial charge >= 0.3 is 0 Å². The van der Waals surface area contributed by atoms with E-state index in [1.54, 1.807) is 44.2 Å². The molecule has 0 unspecified atom stereocenters. The number of hydrogen-bond donors (Lipinski definition) is 1. The largest absolute Gasteiger partial charge is 0.493 e. The van der Waals surface area contributed by atoms with Gasteiger partial charge in [0.2, 0.25) is 5.75 Å². The summed E-state index contributed by atoms with van der Waals surface area (Å²) in [5.74, 6) is 2.55. The van der Waals surface area contributed by atoms with Crippen LogP contribution in [0, 0.1) is 0 Å². The molecule has 2 aromatic heterocycles. The number of aromatic nitrogens is 4. The van der Waals surface area contributed by atoms with E-state index in [9.17, 15) is 0 Å². The quantitative estimate of drug-likeness (QED) is 0.534. The van der Waals surface area contributed by atoms with Gasteiger partial charge in [0.25, 0.3) is 5.78 Å². The van der Waals surface area contributed by atoms with Crippen LogP contribution in [0.4, 0.5) is 5.69 Å². The summed E-state index contributed by atoms with van der Waals surface area (Å²) in [5, 5.41) is 4.65. The summed E-state index contributed by atoms with van der Waals surface area (Å²) >= 11 is 0. The van der Waals surface area contributed by atoms with E-state index in [0.717, 1.165) is 16.8 Å². The predicted octanol–water partition coefficient (Wildman–Crippen LogP) is 3.07. The van der Waals surface area contributed by atoms with Crippen LogP contribution in [0.15, 0.2) is 48.7 Å². The van der Waals surface area contributed by atoms with E-state index in [1.165, 1.54) is 0 Å². The maximum absolute atomic E-state index is 5.79. The molecule has 2 aromatic carbocycles. The lowest BCUT2D eigenvalue weighted by molar-refractivity contribution is 0.324. The van der Waals surface area contributed by atoms with Crippen LogP contribution < -0.4 is 19.9 Å². The second-order valence-corrected chi connectivity index (χ2v) is 6.01. The number of methoxy groups -OCH3 is 3. The first-order chi connectivity index (χ1) is 13.6. The van der Waals surface area contributed by atoms with Crippen molar-refractivity contribution in [2.75, 3.05) is 27.1 Å². The van der Waals surface area contributed by atoms with Crippen LogP contribution >= 0.6 is 0 Å². The molecule has 2 heterocycles. The van der Waals surface area contributed by atoms with Crippen LogP contribution in [-0.4, -0.2) is 40.9 Å². The van der Waals surface area contributed by atoms with Crippen molar-refractivity contribution in [1.82, 2.24) is 19.6 Å². The Morgan fingerprint density at radius 3 is 2.14 bits per heavy atom. The number of fused-ring (bicyclic) bond motifs is 1. The molecule has 0 spiro atoms. The first-order valence-electron chi connectivity index (χ1n) is 8.52. The fraction of sp³-hybridized carbons (Fsp3) is 0.150. The van der Waals surface area contributed by atoms with Crippen LogP contribution in [0.2, 0.25) is 0 Å². The van der Waals surface area contributed by atoms with E-state index < -0.39 is 0 Å². The van der Waals surface area contributed by atoms with Crippen molar-refractivity contribution in [3.8, 4) is 39.9 Å². The highest BCUT2D eigenvalue weighted by molar-refractivity contribution is 5.69. The van der Waals surface area contributed by atoms with Gasteiger partial charge in [-0.1, -0.05) is 12.1 Å². The molecule has 0 amide bonds. The minimum absolute atomic E-state index is 0.484. The number of nitrogens with zero attached hydrogens (tertiary/aromatic N) is 4. The molecule has 0 aliphatic heterocycles. The van der Waals surface area contributed by atoms with Gasteiger partial charge in [0.1, 0.15) is 0 Å². The molecule has 0 bridgehead atoms. The van der Waals surface area contributed by atoms with E-state index in [-0.39, 0.29) is 0 Å². The van der Waals surface area contributed by atoms with Crippen LogP contribution in [0.5, 0.6) is 17.2 Å². The van der Waals surface area contributed by atoms with Crippen molar-refractivity contribution in [2.24, 2.45) is 0 Å². The third-order valence-electron chi connectivity index (χ3n) is 4.37. The Labute approximate surface area is 161 Å². The molecule has 0 fully saturated rings. The van der Waals surface area contributed by atoms with Gasteiger partial charge in [0.05, 0.1) is 27.0 Å². The fourth-order valence-electron chi connectivity index (χ4n) is 3.00. The summed E-state index contributed by atoms with van der Waals surface area (Å²) in [7, 11) is 4.70. The highest BCUT2D eigenvalue weighted by Crippen LogP contribution is 2.40. The molecule has 0 radical (unpaired) electrons. The van der Waals surface area contributed by atoms with Gasteiger partial charge in [-0.25, -0.2) is 4.98 Å². The zero-order chi connectivity index (χ0) is 19.7. The second-order valence-electron chi connectivity index (χ2n) is 6.01. The smallest absolute Gasteiger partial charge is 0.253 e. The van der Waals surface area contributed by atoms with Gasteiger partial charge < -0.3 is 19.9 Å². The SMILES string of the molecule is COc1cc(-c2nc3nccc(-c4ccc(N)cc4)n3n2)cc(OC)c1OC. The number of anilines is 1. The van der Waals surface area contributed by atoms with Crippen LogP contribution in [0.25, 0.3) is 28.4 Å². The number of nitrogen functional groups attached to an aromatic ring is 1. The molecule has 0 atom stereocenters. The van der Waals surface area contributed by atoms with Crippen molar-refractivity contribution >= 4 is 11.5 Å². The Morgan fingerprint density at radius 1 is 0.857 bits per heavy atom. The third kappa shape index (κ3) is 2.94. The number of rotatable bonds is 5. The number of nitrogens with two attached hydrogens (primary N) is 1. The standard InChI is InChI=1S/C20H19N5O3/c1-26-16-10-13(11-17(27-2)18(16)28-3)19-23-20-22-9-8-15(25(20)24-19)12-4-6-14(21)7-5-12/h4-11H,21H2,1-3H3. The first kappa shape index (κ1) is 17.6. The minimum atomic E-state index is 0.484. The van der Waals surface area contributed by atoms with E-state index in [2.05, 4.69) is 15.1 Å². The normalized spacial score (nSPS) is 10.8. The molecule has 142 valence electrons. The molecule has 4 aromatic rings. The van der Waals surface area contributed by atoms with Crippen LogP contribution in [0.1, 0.15) is 0 Å². The summed E-state index contributed by atoms with van der Waals surface area (Å²) < 4.78 is 17.9. The molecule has 28 heavy (non-hydrogen) atoms. The third-order valence-corrected chi connectivity index (χ3v) is 4.37. The first-order valence-corrected chi connectivity index (χ1v) is 8.52. The van der Waals surface area contributed by atoms with E-state index in [1.807, 2.05) is 30.3 Å². The second kappa shape index (κ2) is 7.07. The molecular weight excluding hydrogens is 358 g/mol. The highest BCUT2D eigenvalue weighted by Gasteiger charge is 2.18. The molecule has 8 heteroatoms. The van der Waals surface area contributed by atoms with E-state index >= 15 is 0 Å². The lowest BCUT2D eigenvalue weighted by Crippen LogP contribution is -1.97. The molecule has 0 saturated heterocycles. The van der Waals surface area contributed by atoms with Crippen molar-refractivity contribution in [3.63, 3.8) is 0 Å². The molecule has 2 N–H and O–H groups in total. The number of benzene rings is 2. The average molecular weight is 377 g/mol. The van der Waals surface area contributed by atoms with E-state index in [0.29, 0.717) is 34.5 Å². The van der Waals surface area contributed by atoms with Crippen molar-refractivity contribution in [3.05, 3.63) is 48.7 Å². The zero-order valence-electron chi connectivity index (χ0n) is 15.7. The monoisotopic (exact) mass is 377 g/mol. The highest BCUT2D eigenvalue weighted by atomic mass is 16.5. The van der Waals surface area contributed by atoms with Gasteiger partial charge in [-0.15, -0.1) is 5.10 Å². The minimum Gasteiger partial charge on any atom is -0.493 e. The van der Waals surface area contributed by atoms with Crippen molar-refractivity contribution in [2.45, 2.75) is 0 Å². The Hall–Kier alpha value is -3.81. The Balaban J connectivity index is 1.87. The summed E-state index contributed by atoms with van der Waals surface area (Å²) in [6.45, 7) is 0. The fourth-order valence-corrected chi connectivity index (χ4v) is 3.00. The van der Waals surface area contributed by atoms with Gasteiger partial charge in [-0.05, 0) is 30.3 Å². The summed E-state index contributed by atoms with van der Waals surface area (Å²) in [5.41, 5.74) is 9.04. The van der Waals surface area contributed by atoms with Crippen molar-refractivity contribution < 1.29 is 14.2 Å². The predicted molar refractivity (Wildman–Crippen MR) is 106 cm³/mol. The van der Waals surface area contributed by atoms with E-state index in [4.69, 9.17) is 19.9 Å². The van der Waals surface area contributed by atoms with Crippen LogP contribution in [-0.2, 0) is 0 Å². The number of hydrogen-bond acceptors (Lipinski definition) is 7. The summed E-state index contributed by atoms with van der Waals surface area (Å²) in [4.78, 5) is 8.88. The Kier molecular flexibility index (Phi) is 4.44. The Bertz CT molecular complexity index is 1110. The Morgan fingerprint density at radius 2 is 1.54 bits per heavy atom. The molecule has 4 rings (SSSR count). The molecule has 0 aliphatic rings. The van der Waals surface area contributed by atoms with Gasteiger partial charge in [-0.3, -0.25) is 0 Å². The average Bonchev–Trinajstić information content (AvgIpc) is 3.17. The summed E-state index contributed by atoms with van der Waals surface area (Å²) in [6.07, 6.45) is 1.70. The molecular formula is C20H19N5O3. The lowest BCUT2D eigenvalue weighted by atomic mass is 10.1. The maximum Gasteiger partial charge on any atom is 0.253 e. The lowest BCUT2D eigenvalue weighted by Gasteiger charge is -2.12. The summed E-state index contributed by atoms with van der Waals surface area (Å²) in [6, 6.07) is 13.1. The molecule has 0 aliphatic carbocycles. The number of ether oxygens (including phenoxy) is 3. The van der Waals surface area contributed by atoms with Crippen molar-refractivity contribution in [1.29, 1.82) is 0 Å². The molecule has 0 saturated carbocycles. The van der Waals surface area contributed by atoms with Gasteiger partial charge in [0.15, 0.2) is 17.3 Å². The topological polar surface area (TPSA) is 96.8 Å². The van der Waals surface area contributed by atoms with Crippen LogP contribution in [0.3, 0.4) is 0 Å². The maximum atomic E-state index is 5.79. The zero-order valence-corrected chi connectivity index (χ0v) is 15.7. The van der Waals surface area contributed by atoms with Gasteiger partial charge in [-0.2, -0.15) is 9.50 Å².